The minimum Gasteiger partial charge on any atom is -0.396 e. The third-order valence-electron chi connectivity index (χ3n) is 4.34. The maximum atomic E-state index is 9.98. The first-order chi connectivity index (χ1) is 11.3. The van der Waals surface area contributed by atoms with Crippen molar-refractivity contribution < 1.29 is 55.1 Å². The summed E-state index contributed by atoms with van der Waals surface area (Å²) in [7, 11) is 0. The second-order valence-electron chi connectivity index (χ2n) is 5.89. The van der Waals surface area contributed by atoms with Gasteiger partial charge in [0.25, 0.3) is 0 Å². The molecule has 24 heavy (non-hydrogen) atoms. The van der Waals surface area contributed by atoms with Gasteiger partial charge in [0, 0.05) is 0 Å². The molecule has 0 aromatic rings. The van der Waals surface area contributed by atoms with E-state index in [1.165, 1.54) is 0 Å². The number of aliphatic hydroxyl groups is 8. The van der Waals surface area contributed by atoms with Gasteiger partial charge >= 0.3 is 0 Å². The van der Waals surface area contributed by atoms with E-state index in [-0.39, 0.29) is 0 Å². The first-order valence-electron chi connectivity index (χ1n) is 7.55. The molecule has 0 saturated carbocycles. The van der Waals surface area contributed by atoms with Crippen LogP contribution in [-0.2, 0) is 14.2 Å². The van der Waals surface area contributed by atoms with Crippen LogP contribution in [-0.4, -0.2) is 116 Å². The summed E-state index contributed by atoms with van der Waals surface area (Å²) in [6.07, 6.45) is -13.2. The Bertz CT molecular complexity index is 394. The summed E-state index contributed by atoms with van der Waals surface area (Å²) in [5.41, 5.74) is 0. The molecule has 2 heterocycles. The number of hydrogen-bond donors (Lipinski definition) is 8. The van der Waals surface area contributed by atoms with E-state index >= 15 is 0 Å². The minimum absolute atomic E-state index is 0.634. The second-order valence-corrected chi connectivity index (χ2v) is 5.89. The van der Waals surface area contributed by atoms with Gasteiger partial charge in [-0.3, -0.25) is 0 Å². The van der Waals surface area contributed by atoms with Gasteiger partial charge in [-0.15, -0.1) is 0 Å². The monoisotopic (exact) mass is 356 g/mol. The van der Waals surface area contributed by atoms with Gasteiger partial charge in [-0.1, -0.05) is 0 Å². The lowest BCUT2D eigenvalue weighted by atomic mass is 9.91. The molecule has 0 bridgehead atoms. The number of hydrogen-bond acceptors (Lipinski definition) is 11. The summed E-state index contributed by atoms with van der Waals surface area (Å²) in [4.78, 5) is 0. The standard InChI is InChI=1S/C13H24O11/c14-1-4-7(17)8(18)5(2-15)22-12(4)24-13-11(21)10(20)9(19)6(3-16)23-13/h4-21H,1-3H2/t4-,5+,6+,7+,8+,9+,10-,11+,12+,13+/m0/s1. The van der Waals surface area contributed by atoms with Crippen LogP contribution < -0.4 is 0 Å². The first kappa shape index (κ1) is 19.9. The van der Waals surface area contributed by atoms with E-state index in [9.17, 15) is 30.6 Å². The van der Waals surface area contributed by atoms with E-state index in [4.69, 9.17) is 24.4 Å². The zero-order valence-corrected chi connectivity index (χ0v) is 12.7. The fourth-order valence-electron chi connectivity index (χ4n) is 2.78. The van der Waals surface area contributed by atoms with E-state index in [0.717, 1.165) is 0 Å². The number of aliphatic hydroxyl groups excluding tert-OH is 8. The van der Waals surface area contributed by atoms with Crippen LogP contribution in [0.25, 0.3) is 0 Å². The fraction of sp³-hybridized carbons (Fsp3) is 1.00. The molecule has 0 aromatic heterocycles. The molecule has 10 atom stereocenters. The average molecular weight is 356 g/mol. The smallest absolute Gasteiger partial charge is 0.189 e. The normalized spacial score (nSPS) is 50.0. The quantitative estimate of drug-likeness (QED) is 0.235. The first-order valence-corrected chi connectivity index (χ1v) is 7.55. The fourth-order valence-corrected chi connectivity index (χ4v) is 2.78. The van der Waals surface area contributed by atoms with Gasteiger partial charge in [-0.05, 0) is 0 Å². The summed E-state index contributed by atoms with van der Waals surface area (Å²) >= 11 is 0. The Labute approximate surface area is 137 Å². The molecule has 8 N–H and O–H groups in total. The molecule has 0 unspecified atom stereocenters. The second kappa shape index (κ2) is 8.29. The van der Waals surface area contributed by atoms with E-state index in [1.807, 2.05) is 0 Å². The lowest BCUT2D eigenvalue weighted by Gasteiger charge is -2.45. The molecule has 11 heteroatoms. The molecular weight excluding hydrogens is 332 g/mol. The van der Waals surface area contributed by atoms with Gasteiger partial charge in [0.05, 0.1) is 31.8 Å². The highest BCUT2D eigenvalue weighted by molar-refractivity contribution is 4.92. The van der Waals surface area contributed by atoms with Crippen LogP contribution in [0, 0.1) is 5.92 Å². The number of rotatable bonds is 5. The molecule has 0 radical (unpaired) electrons. The van der Waals surface area contributed by atoms with Crippen molar-refractivity contribution >= 4 is 0 Å². The largest absolute Gasteiger partial charge is 0.396 e. The van der Waals surface area contributed by atoms with Crippen LogP contribution in [0.4, 0.5) is 0 Å². The third kappa shape index (κ3) is 3.71. The van der Waals surface area contributed by atoms with E-state index in [2.05, 4.69) is 0 Å². The highest BCUT2D eigenvalue weighted by Gasteiger charge is 2.49. The molecule has 0 aromatic carbocycles. The predicted molar refractivity (Wildman–Crippen MR) is 73.2 cm³/mol. The molecule has 11 nitrogen and oxygen atoms in total. The van der Waals surface area contributed by atoms with E-state index < -0.39 is 81.0 Å². The maximum absolute atomic E-state index is 9.98. The lowest BCUT2D eigenvalue weighted by molar-refractivity contribution is -0.372. The van der Waals surface area contributed by atoms with Crippen molar-refractivity contribution in [2.75, 3.05) is 19.8 Å². The van der Waals surface area contributed by atoms with Gasteiger partial charge in [0.1, 0.15) is 36.6 Å². The van der Waals surface area contributed by atoms with Crippen molar-refractivity contribution in [3.63, 3.8) is 0 Å². The van der Waals surface area contributed by atoms with Crippen molar-refractivity contribution in [1.82, 2.24) is 0 Å². The van der Waals surface area contributed by atoms with Crippen LogP contribution in [0.15, 0.2) is 0 Å². The van der Waals surface area contributed by atoms with Crippen molar-refractivity contribution in [2.24, 2.45) is 5.92 Å². The summed E-state index contributed by atoms with van der Waals surface area (Å²) in [6.45, 7) is -1.93. The van der Waals surface area contributed by atoms with Crippen molar-refractivity contribution in [3.05, 3.63) is 0 Å². The number of ether oxygens (including phenoxy) is 3. The van der Waals surface area contributed by atoms with Gasteiger partial charge in [0.15, 0.2) is 12.6 Å². The third-order valence-corrected chi connectivity index (χ3v) is 4.34. The Morgan fingerprint density at radius 1 is 0.583 bits per heavy atom. The molecule has 0 amide bonds. The van der Waals surface area contributed by atoms with Crippen LogP contribution in [0.5, 0.6) is 0 Å². The van der Waals surface area contributed by atoms with Crippen LogP contribution in [0.2, 0.25) is 0 Å². The topological polar surface area (TPSA) is 190 Å². The zero-order valence-electron chi connectivity index (χ0n) is 12.7. The van der Waals surface area contributed by atoms with Crippen LogP contribution in [0.1, 0.15) is 0 Å². The molecular formula is C13H24O11. The van der Waals surface area contributed by atoms with Crippen LogP contribution in [0.3, 0.4) is 0 Å². The van der Waals surface area contributed by atoms with Gasteiger partial charge in [-0.25, -0.2) is 0 Å². The molecule has 0 spiro atoms. The molecule has 2 fully saturated rings. The summed E-state index contributed by atoms with van der Waals surface area (Å²) in [6, 6.07) is 0. The Kier molecular flexibility index (Phi) is 6.87. The lowest BCUT2D eigenvalue weighted by Crippen LogP contribution is -2.62. The summed E-state index contributed by atoms with van der Waals surface area (Å²) < 4.78 is 15.8. The zero-order chi connectivity index (χ0) is 18.0. The van der Waals surface area contributed by atoms with Crippen molar-refractivity contribution in [2.45, 2.75) is 55.3 Å². The molecule has 2 aliphatic rings. The maximum Gasteiger partial charge on any atom is 0.189 e. The Morgan fingerprint density at radius 2 is 1.08 bits per heavy atom. The van der Waals surface area contributed by atoms with Gasteiger partial charge in [0.2, 0.25) is 0 Å². The van der Waals surface area contributed by atoms with Gasteiger partial charge in [-0.2, -0.15) is 0 Å². The van der Waals surface area contributed by atoms with Crippen LogP contribution >= 0.6 is 0 Å². The minimum atomic E-state index is -1.69. The predicted octanol–water partition coefficient (Wildman–Crippen LogP) is -5.15. The summed E-state index contributed by atoms with van der Waals surface area (Å²) in [5.74, 6) is -1.12. The van der Waals surface area contributed by atoms with E-state index in [1.54, 1.807) is 0 Å². The molecule has 0 aliphatic carbocycles. The molecule has 2 saturated heterocycles. The summed E-state index contributed by atoms with van der Waals surface area (Å²) in [5, 5.41) is 76.8. The Hall–Kier alpha value is -0.440. The molecule has 2 aliphatic heterocycles. The van der Waals surface area contributed by atoms with E-state index in [0.29, 0.717) is 0 Å². The Morgan fingerprint density at radius 3 is 1.58 bits per heavy atom. The molecule has 2 rings (SSSR count). The average Bonchev–Trinajstić information content (AvgIpc) is 2.58. The van der Waals surface area contributed by atoms with Gasteiger partial charge < -0.3 is 55.1 Å². The highest BCUT2D eigenvalue weighted by atomic mass is 16.8. The Balaban J connectivity index is 2.12. The molecule has 142 valence electrons. The van der Waals surface area contributed by atoms with Crippen molar-refractivity contribution in [1.29, 1.82) is 0 Å². The SMILES string of the molecule is OC[C@@H]1[C@@H](O[C@H]2O[C@H](CO)[C@@H](O)[C@H](O)[C@H]2O)O[C@H](CO)[C@@H](O)[C@@H]1O. The van der Waals surface area contributed by atoms with Crippen molar-refractivity contribution in [3.8, 4) is 0 Å². The highest BCUT2D eigenvalue weighted by Crippen LogP contribution is 2.30.